The molecule has 9 heteroatoms. The Bertz CT molecular complexity index is 804. The average Bonchev–Trinajstić information content (AvgIpc) is 3.25. The number of nitrogens with two attached hydrogens (primary N) is 1. The first-order valence-corrected chi connectivity index (χ1v) is 9.41. The summed E-state index contributed by atoms with van der Waals surface area (Å²) < 4.78 is 13.0. The van der Waals surface area contributed by atoms with Crippen LogP contribution in [0, 0.1) is 0 Å². The second-order valence-electron chi connectivity index (χ2n) is 7.19. The molecular weight excluding hydrogens is 350 g/mol. The molecule has 146 valence electrons. The number of nitrogen functional groups attached to an aromatic ring is 1. The summed E-state index contributed by atoms with van der Waals surface area (Å²) in [5.41, 5.74) is 7.35. The molecule has 2 aliphatic rings. The predicted molar refractivity (Wildman–Crippen MR) is 96.9 cm³/mol. The zero-order chi connectivity index (χ0) is 18.8. The molecule has 2 saturated heterocycles. The minimum Gasteiger partial charge on any atom is -0.462 e. The molecule has 3 N–H and O–H groups in total. The summed E-state index contributed by atoms with van der Waals surface area (Å²) in [5, 5.41) is 14.5. The van der Waals surface area contributed by atoms with E-state index in [2.05, 4.69) is 15.0 Å². The fourth-order valence-electron chi connectivity index (χ4n) is 3.81. The van der Waals surface area contributed by atoms with Gasteiger partial charge in [-0.15, -0.1) is 0 Å². The van der Waals surface area contributed by atoms with Crippen LogP contribution in [0.5, 0.6) is 0 Å². The van der Waals surface area contributed by atoms with Crippen molar-refractivity contribution in [1.82, 2.24) is 19.5 Å². The first kappa shape index (κ1) is 18.1. The van der Waals surface area contributed by atoms with Gasteiger partial charge in [0.2, 0.25) is 0 Å². The lowest BCUT2D eigenvalue weighted by molar-refractivity contribution is -0.150. The van der Waals surface area contributed by atoms with Crippen LogP contribution in [0.25, 0.3) is 5.52 Å². The van der Waals surface area contributed by atoms with Crippen molar-refractivity contribution in [2.24, 2.45) is 0 Å². The molecule has 0 spiro atoms. The summed E-state index contributed by atoms with van der Waals surface area (Å²) in [6, 6.07) is 3.69. The first-order valence-electron chi connectivity index (χ1n) is 9.41. The summed E-state index contributed by atoms with van der Waals surface area (Å²) in [5.74, 6) is 0.114. The molecule has 0 unspecified atom stereocenters. The monoisotopic (exact) mass is 375 g/mol. The third-order valence-corrected chi connectivity index (χ3v) is 5.27. The Hall–Kier alpha value is -2.23. The molecule has 0 radical (unpaired) electrons. The van der Waals surface area contributed by atoms with Crippen LogP contribution in [0.2, 0.25) is 0 Å². The second kappa shape index (κ2) is 7.79. The van der Waals surface area contributed by atoms with Gasteiger partial charge in [0.25, 0.3) is 0 Å². The van der Waals surface area contributed by atoms with E-state index in [0.717, 1.165) is 31.6 Å². The number of carbonyl (C=O) groups excluding carboxylic acids is 1. The molecule has 0 saturated carbocycles. The summed E-state index contributed by atoms with van der Waals surface area (Å²) in [6.45, 7) is 2.22. The summed E-state index contributed by atoms with van der Waals surface area (Å²) >= 11 is 0. The SMILES string of the molecule is Nc1ncnn2c([C@H]3C[C@H](O)[C@@H](COC(=O)CN4CCCCC4)O3)ccc12. The molecular formula is C18H25N5O4. The maximum Gasteiger partial charge on any atom is 0.320 e. The normalized spacial score (nSPS) is 26.5. The van der Waals surface area contributed by atoms with Gasteiger partial charge in [0, 0.05) is 6.42 Å². The molecule has 2 aromatic rings. The van der Waals surface area contributed by atoms with Gasteiger partial charge in [0.05, 0.1) is 18.3 Å². The number of hydrogen-bond donors (Lipinski definition) is 2. The van der Waals surface area contributed by atoms with E-state index in [1.54, 1.807) is 4.52 Å². The summed E-state index contributed by atoms with van der Waals surface area (Å²) in [4.78, 5) is 18.1. The van der Waals surface area contributed by atoms with Crippen LogP contribution in [0.15, 0.2) is 18.5 Å². The second-order valence-corrected chi connectivity index (χ2v) is 7.19. The maximum atomic E-state index is 12.1. The van der Waals surface area contributed by atoms with E-state index < -0.39 is 12.2 Å². The Morgan fingerprint density at radius 3 is 2.96 bits per heavy atom. The van der Waals surface area contributed by atoms with Crippen molar-refractivity contribution < 1.29 is 19.4 Å². The average molecular weight is 375 g/mol. The maximum absolute atomic E-state index is 12.1. The van der Waals surface area contributed by atoms with Crippen LogP contribution in [-0.2, 0) is 14.3 Å². The van der Waals surface area contributed by atoms with Gasteiger partial charge in [-0.2, -0.15) is 5.10 Å². The Balaban J connectivity index is 1.34. The highest BCUT2D eigenvalue weighted by atomic mass is 16.6. The van der Waals surface area contributed by atoms with E-state index in [1.165, 1.54) is 12.7 Å². The van der Waals surface area contributed by atoms with Crippen molar-refractivity contribution in [2.75, 3.05) is 32.0 Å². The van der Waals surface area contributed by atoms with E-state index in [4.69, 9.17) is 15.2 Å². The predicted octanol–water partition coefficient (Wildman–Crippen LogP) is 0.531. The molecule has 9 nitrogen and oxygen atoms in total. The number of aromatic nitrogens is 3. The number of fused-ring (bicyclic) bond motifs is 1. The zero-order valence-electron chi connectivity index (χ0n) is 15.2. The van der Waals surface area contributed by atoms with Crippen LogP contribution in [0.4, 0.5) is 5.82 Å². The number of piperidine rings is 1. The molecule has 27 heavy (non-hydrogen) atoms. The molecule has 3 atom stereocenters. The lowest BCUT2D eigenvalue weighted by Crippen LogP contribution is -2.36. The Kier molecular flexibility index (Phi) is 5.24. The quantitative estimate of drug-likeness (QED) is 0.727. The Morgan fingerprint density at radius 2 is 2.15 bits per heavy atom. The molecule has 0 aromatic carbocycles. The highest BCUT2D eigenvalue weighted by Gasteiger charge is 2.37. The summed E-state index contributed by atoms with van der Waals surface area (Å²) in [6.07, 6.45) is 3.66. The van der Waals surface area contributed by atoms with Crippen molar-refractivity contribution in [2.45, 2.75) is 44.0 Å². The Morgan fingerprint density at radius 1 is 1.33 bits per heavy atom. The van der Waals surface area contributed by atoms with E-state index >= 15 is 0 Å². The molecule has 2 fully saturated rings. The number of esters is 1. The van der Waals surface area contributed by atoms with E-state index in [-0.39, 0.29) is 18.7 Å². The number of aliphatic hydroxyl groups excluding tert-OH is 1. The van der Waals surface area contributed by atoms with Crippen LogP contribution >= 0.6 is 0 Å². The van der Waals surface area contributed by atoms with Crippen LogP contribution < -0.4 is 5.73 Å². The van der Waals surface area contributed by atoms with Crippen molar-refractivity contribution in [3.63, 3.8) is 0 Å². The van der Waals surface area contributed by atoms with E-state index in [9.17, 15) is 9.90 Å². The first-order chi connectivity index (χ1) is 13.1. The van der Waals surface area contributed by atoms with Gasteiger partial charge in [0.15, 0.2) is 5.82 Å². The lowest BCUT2D eigenvalue weighted by atomic mass is 10.1. The number of nitrogens with zero attached hydrogens (tertiary/aromatic N) is 4. The van der Waals surface area contributed by atoms with Gasteiger partial charge in [-0.3, -0.25) is 9.69 Å². The van der Waals surface area contributed by atoms with Crippen LogP contribution in [-0.4, -0.2) is 69.0 Å². The van der Waals surface area contributed by atoms with E-state index in [1.807, 2.05) is 12.1 Å². The number of likely N-dealkylation sites (tertiary alicyclic amines) is 1. The molecule has 2 aromatic heterocycles. The third-order valence-electron chi connectivity index (χ3n) is 5.27. The van der Waals surface area contributed by atoms with Crippen molar-refractivity contribution in [1.29, 1.82) is 0 Å². The van der Waals surface area contributed by atoms with E-state index in [0.29, 0.717) is 24.3 Å². The van der Waals surface area contributed by atoms with Gasteiger partial charge in [-0.1, -0.05) is 6.42 Å². The summed E-state index contributed by atoms with van der Waals surface area (Å²) in [7, 11) is 0. The number of carbonyl (C=O) groups is 1. The van der Waals surface area contributed by atoms with Gasteiger partial charge in [-0.25, -0.2) is 9.50 Å². The molecule has 4 rings (SSSR count). The highest BCUT2D eigenvalue weighted by Crippen LogP contribution is 2.34. The van der Waals surface area contributed by atoms with Gasteiger partial charge >= 0.3 is 5.97 Å². The van der Waals surface area contributed by atoms with Gasteiger partial charge in [0.1, 0.15) is 30.7 Å². The zero-order valence-corrected chi connectivity index (χ0v) is 15.2. The smallest absolute Gasteiger partial charge is 0.320 e. The van der Waals surface area contributed by atoms with Crippen molar-refractivity contribution >= 4 is 17.3 Å². The molecule has 0 aliphatic carbocycles. The number of aliphatic hydroxyl groups is 1. The minimum absolute atomic E-state index is 0.0464. The number of ether oxygens (including phenoxy) is 2. The van der Waals surface area contributed by atoms with Crippen molar-refractivity contribution in [3.8, 4) is 0 Å². The Labute approximate surface area is 157 Å². The molecule has 4 heterocycles. The molecule has 0 amide bonds. The molecule has 0 bridgehead atoms. The number of hydrogen-bond acceptors (Lipinski definition) is 8. The van der Waals surface area contributed by atoms with Crippen LogP contribution in [0.1, 0.15) is 37.5 Å². The topological polar surface area (TPSA) is 115 Å². The molecule has 2 aliphatic heterocycles. The number of anilines is 1. The fraction of sp³-hybridized carbons (Fsp3) is 0.611. The largest absolute Gasteiger partial charge is 0.462 e. The van der Waals surface area contributed by atoms with Crippen LogP contribution in [0.3, 0.4) is 0 Å². The van der Waals surface area contributed by atoms with Gasteiger partial charge < -0.3 is 20.3 Å². The van der Waals surface area contributed by atoms with Crippen molar-refractivity contribution in [3.05, 3.63) is 24.2 Å². The number of rotatable bonds is 5. The minimum atomic E-state index is -0.706. The van der Waals surface area contributed by atoms with Gasteiger partial charge in [-0.05, 0) is 38.1 Å². The lowest BCUT2D eigenvalue weighted by Gasteiger charge is -2.25. The standard InChI is InChI=1S/C18H25N5O4/c19-18-13-5-4-12(23(13)21-11-20-18)15-8-14(24)16(27-15)10-26-17(25)9-22-6-2-1-3-7-22/h4-5,11,14-16,24H,1-3,6-10H2,(H2,19,20,21)/t14-,15+,16+/m0/s1. The third kappa shape index (κ3) is 3.90. The fourth-order valence-corrected chi connectivity index (χ4v) is 3.81. The highest BCUT2D eigenvalue weighted by molar-refractivity contribution is 5.71.